The van der Waals surface area contributed by atoms with Gasteiger partial charge in [-0.1, -0.05) is 18.7 Å². The number of sulfonamides is 1. The van der Waals surface area contributed by atoms with E-state index in [1.54, 1.807) is 16.4 Å². The lowest BCUT2D eigenvalue weighted by molar-refractivity contribution is -0.132. The van der Waals surface area contributed by atoms with Gasteiger partial charge in [-0.25, -0.2) is 13.4 Å². The van der Waals surface area contributed by atoms with Gasteiger partial charge in [0, 0.05) is 45.9 Å². The number of imidazole rings is 1. The van der Waals surface area contributed by atoms with Gasteiger partial charge in [-0.2, -0.15) is 4.31 Å². The number of rotatable bonds is 10. The minimum Gasteiger partial charge on any atom is -0.382 e. The van der Waals surface area contributed by atoms with Gasteiger partial charge >= 0.3 is 0 Å². The number of piperidine rings is 1. The van der Waals surface area contributed by atoms with Gasteiger partial charge in [0.15, 0.2) is 5.16 Å². The molecule has 0 N–H and O–H groups in total. The van der Waals surface area contributed by atoms with E-state index >= 15 is 0 Å². The fourth-order valence-corrected chi connectivity index (χ4v) is 7.15. The van der Waals surface area contributed by atoms with E-state index in [2.05, 4.69) is 11.5 Å². The monoisotopic (exact) mass is 524 g/mol. The van der Waals surface area contributed by atoms with Crippen LogP contribution in [0.4, 0.5) is 0 Å². The summed E-state index contributed by atoms with van der Waals surface area (Å²) in [5.41, 5.74) is 1.50. The van der Waals surface area contributed by atoms with Crippen LogP contribution in [0.5, 0.6) is 0 Å². The average Bonchev–Trinajstić information content (AvgIpc) is 3.22. The number of amides is 1. The Balaban J connectivity index is 1.57. The third-order valence-electron chi connectivity index (χ3n) is 6.51. The lowest BCUT2D eigenvalue weighted by atomic mass is 10.0. The highest BCUT2D eigenvalue weighted by molar-refractivity contribution is 7.99. The van der Waals surface area contributed by atoms with Crippen LogP contribution in [0.1, 0.15) is 33.1 Å². The lowest BCUT2D eigenvalue weighted by Gasteiger charge is -2.30. The largest absolute Gasteiger partial charge is 0.382 e. The van der Waals surface area contributed by atoms with Crippen LogP contribution in [0.2, 0.25) is 0 Å². The summed E-state index contributed by atoms with van der Waals surface area (Å²) in [6.45, 7) is 9.51. The molecule has 0 saturated carbocycles. The first-order valence-corrected chi connectivity index (χ1v) is 14.9. The summed E-state index contributed by atoms with van der Waals surface area (Å²) in [6.07, 6.45) is 2.74. The zero-order valence-electron chi connectivity index (χ0n) is 20.6. The van der Waals surface area contributed by atoms with E-state index in [-0.39, 0.29) is 16.6 Å². The molecule has 0 radical (unpaired) electrons. The fourth-order valence-electron chi connectivity index (χ4n) is 4.59. The first-order valence-electron chi connectivity index (χ1n) is 12.5. The van der Waals surface area contributed by atoms with Crippen molar-refractivity contribution in [2.45, 2.75) is 49.7 Å². The van der Waals surface area contributed by atoms with Gasteiger partial charge in [0.25, 0.3) is 0 Å². The molecule has 3 heterocycles. The van der Waals surface area contributed by atoms with Crippen LogP contribution in [0.15, 0.2) is 28.3 Å². The van der Waals surface area contributed by atoms with Crippen LogP contribution in [-0.4, -0.2) is 91.4 Å². The van der Waals surface area contributed by atoms with Crippen LogP contribution >= 0.6 is 11.8 Å². The average molecular weight is 525 g/mol. The molecular formula is C24H36N4O5S2. The number of aromatic nitrogens is 2. The summed E-state index contributed by atoms with van der Waals surface area (Å²) >= 11 is 1.40. The van der Waals surface area contributed by atoms with E-state index < -0.39 is 10.0 Å². The zero-order valence-corrected chi connectivity index (χ0v) is 22.3. The highest BCUT2D eigenvalue weighted by Crippen LogP contribution is 2.29. The molecule has 2 saturated heterocycles. The van der Waals surface area contributed by atoms with Crippen molar-refractivity contribution in [3.63, 3.8) is 0 Å². The van der Waals surface area contributed by atoms with Gasteiger partial charge in [-0.05, 0) is 50.3 Å². The fraction of sp³-hybridized carbons (Fsp3) is 0.667. The molecule has 35 heavy (non-hydrogen) atoms. The molecule has 2 aromatic rings. The molecule has 0 aliphatic carbocycles. The minimum atomic E-state index is -3.57. The number of aryl methyl sites for hydroxylation is 1. The number of carbonyl (C=O) groups is 1. The Kier molecular flexibility index (Phi) is 9.09. The van der Waals surface area contributed by atoms with Crippen molar-refractivity contribution in [3.05, 3.63) is 18.2 Å². The number of carbonyl (C=O) groups excluding carboxylic acids is 1. The highest BCUT2D eigenvalue weighted by atomic mass is 32.2. The summed E-state index contributed by atoms with van der Waals surface area (Å²) in [5.74, 6) is 0.707. The van der Waals surface area contributed by atoms with E-state index in [4.69, 9.17) is 14.5 Å². The highest BCUT2D eigenvalue weighted by Gasteiger charge is 2.29. The summed E-state index contributed by atoms with van der Waals surface area (Å²) < 4.78 is 41.1. The van der Waals surface area contributed by atoms with Crippen LogP contribution < -0.4 is 0 Å². The van der Waals surface area contributed by atoms with E-state index in [1.165, 1.54) is 11.8 Å². The van der Waals surface area contributed by atoms with Gasteiger partial charge in [-0.3, -0.25) is 4.79 Å². The van der Waals surface area contributed by atoms with Gasteiger partial charge in [0.2, 0.25) is 15.9 Å². The number of ether oxygens (including phenoxy) is 2. The topological polar surface area (TPSA) is 94.0 Å². The van der Waals surface area contributed by atoms with Crippen molar-refractivity contribution in [1.82, 2.24) is 18.8 Å². The SMILES string of the molecule is CCOCCCn1c(SCC(=O)N2CCOCC2)nc2cc(S(=O)(=O)N3CCC[C@@H](C)C3)ccc21. The third kappa shape index (κ3) is 6.37. The lowest BCUT2D eigenvalue weighted by Crippen LogP contribution is -2.41. The third-order valence-corrected chi connectivity index (χ3v) is 9.33. The maximum atomic E-state index is 13.3. The summed E-state index contributed by atoms with van der Waals surface area (Å²) in [6, 6.07) is 5.21. The summed E-state index contributed by atoms with van der Waals surface area (Å²) in [5, 5.41) is 0.722. The predicted molar refractivity (Wildman–Crippen MR) is 136 cm³/mol. The second-order valence-electron chi connectivity index (χ2n) is 9.14. The maximum Gasteiger partial charge on any atom is 0.243 e. The number of fused-ring (bicyclic) bond motifs is 1. The van der Waals surface area contributed by atoms with Crippen LogP contribution in [-0.2, 0) is 30.8 Å². The molecule has 2 aliphatic rings. The van der Waals surface area contributed by atoms with E-state index in [1.807, 2.05) is 17.9 Å². The number of thioether (sulfide) groups is 1. The molecule has 1 atom stereocenters. The van der Waals surface area contributed by atoms with Crippen molar-refractivity contribution in [2.75, 3.05) is 58.4 Å². The molecule has 11 heteroatoms. The summed E-state index contributed by atoms with van der Waals surface area (Å²) in [7, 11) is -3.57. The normalized spacial score (nSPS) is 19.9. The molecule has 1 amide bonds. The van der Waals surface area contributed by atoms with Crippen LogP contribution in [0.3, 0.4) is 0 Å². The molecule has 1 aromatic carbocycles. The molecular weight excluding hydrogens is 488 g/mol. The second-order valence-corrected chi connectivity index (χ2v) is 12.0. The van der Waals surface area contributed by atoms with E-state index in [0.717, 1.165) is 29.9 Å². The van der Waals surface area contributed by atoms with E-state index in [9.17, 15) is 13.2 Å². The predicted octanol–water partition coefficient (Wildman–Crippen LogP) is 2.83. The molecule has 9 nitrogen and oxygen atoms in total. The molecule has 194 valence electrons. The Morgan fingerprint density at radius 3 is 2.80 bits per heavy atom. The number of morpholine rings is 1. The van der Waals surface area contributed by atoms with Crippen molar-refractivity contribution >= 4 is 38.7 Å². The van der Waals surface area contributed by atoms with Crippen molar-refractivity contribution in [1.29, 1.82) is 0 Å². The Morgan fingerprint density at radius 1 is 1.26 bits per heavy atom. The van der Waals surface area contributed by atoms with Crippen molar-refractivity contribution in [2.24, 2.45) is 5.92 Å². The first kappa shape index (κ1) is 26.4. The molecule has 2 fully saturated rings. The molecule has 0 bridgehead atoms. The number of hydrogen-bond donors (Lipinski definition) is 0. The van der Waals surface area contributed by atoms with Crippen molar-refractivity contribution < 1.29 is 22.7 Å². The Morgan fingerprint density at radius 2 is 2.06 bits per heavy atom. The Bertz CT molecular complexity index is 1110. The van der Waals surface area contributed by atoms with Gasteiger partial charge in [0.1, 0.15) is 0 Å². The summed E-state index contributed by atoms with van der Waals surface area (Å²) in [4.78, 5) is 19.6. The standard InChI is InChI=1S/C24H36N4O5S2/c1-3-32-13-5-10-28-22-8-7-20(35(30,31)27-9-4-6-19(2)17-27)16-21(22)25-24(28)34-18-23(29)26-11-14-33-15-12-26/h7-8,16,19H,3-6,9-15,17-18H2,1-2H3/t19-/m1/s1. The zero-order chi connectivity index (χ0) is 24.8. The second kappa shape index (κ2) is 12.1. The van der Waals surface area contributed by atoms with Gasteiger partial charge in [0.05, 0.1) is 34.9 Å². The first-order chi connectivity index (χ1) is 16.9. The van der Waals surface area contributed by atoms with Gasteiger partial charge in [-0.15, -0.1) is 0 Å². The maximum absolute atomic E-state index is 13.3. The molecule has 0 unspecified atom stereocenters. The van der Waals surface area contributed by atoms with Crippen LogP contribution in [0.25, 0.3) is 11.0 Å². The van der Waals surface area contributed by atoms with Crippen LogP contribution in [0, 0.1) is 5.92 Å². The molecule has 4 rings (SSSR count). The quantitative estimate of drug-likeness (QED) is 0.348. The number of hydrogen-bond acceptors (Lipinski definition) is 7. The molecule has 0 spiro atoms. The number of nitrogens with zero attached hydrogens (tertiary/aromatic N) is 4. The Hall–Kier alpha value is -1.66. The van der Waals surface area contributed by atoms with Crippen molar-refractivity contribution in [3.8, 4) is 0 Å². The molecule has 1 aromatic heterocycles. The Labute approximate surface area is 212 Å². The van der Waals surface area contributed by atoms with Gasteiger partial charge < -0.3 is 18.9 Å². The number of benzene rings is 1. The smallest absolute Gasteiger partial charge is 0.243 e. The molecule has 2 aliphatic heterocycles. The minimum absolute atomic E-state index is 0.0636. The van der Waals surface area contributed by atoms with E-state index in [0.29, 0.717) is 70.6 Å².